The summed E-state index contributed by atoms with van der Waals surface area (Å²) < 4.78 is 5.59. The van der Waals surface area contributed by atoms with Crippen molar-refractivity contribution in [3.8, 4) is 28.1 Å². The third-order valence-electron chi connectivity index (χ3n) is 8.40. The molecule has 0 spiro atoms. The standard InChI is InChI=1S/C37H34N4O/c1-42-33-17-18-34-35(24-33)37(40-39-36(34)30-15-13-29(14-16-30)27-7-3-2-4-8-27)38-32-19-21-41(22-20-32)25-26-11-12-28-9-5-6-10-31(28)23-26/h2-18,23-24,32H,19-22,25H2,1H3,(H,38,40). The van der Waals surface area contributed by atoms with E-state index in [4.69, 9.17) is 14.9 Å². The number of hydrogen-bond acceptors (Lipinski definition) is 5. The van der Waals surface area contributed by atoms with E-state index in [1.165, 1.54) is 27.5 Å². The van der Waals surface area contributed by atoms with E-state index >= 15 is 0 Å². The highest BCUT2D eigenvalue weighted by atomic mass is 16.5. The SMILES string of the molecule is COc1ccc2c(-c3ccc(-c4ccccc4)cc3)nnc(NC3CCN(Cc4ccc5ccccc5c4)CC3)c2c1. The van der Waals surface area contributed by atoms with Crippen LogP contribution in [0, 0.1) is 0 Å². The van der Waals surface area contributed by atoms with Crippen LogP contribution in [0.3, 0.4) is 0 Å². The normalized spacial score (nSPS) is 14.3. The van der Waals surface area contributed by atoms with Crippen molar-refractivity contribution in [2.45, 2.75) is 25.4 Å². The van der Waals surface area contributed by atoms with Crippen LogP contribution in [0.15, 0.2) is 115 Å². The second-order valence-corrected chi connectivity index (χ2v) is 11.1. The van der Waals surface area contributed by atoms with E-state index in [-0.39, 0.29) is 0 Å². The van der Waals surface area contributed by atoms with Crippen LogP contribution < -0.4 is 10.1 Å². The molecule has 0 aliphatic carbocycles. The molecule has 1 N–H and O–H groups in total. The number of piperidine rings is 1. The van der Waals surface area contributed by atoms with Gasteiger partial charge in [-0.15, -0.1) is 10.2 Å². The quantitative estimate of drug-likeness (QED) is 0.217. The number of nitrogens with zero attached hydrogens (tertiary/aromatic N) is 3. The molecule has 2 heterocycles. The molecule has 6 aromatic rings. The molecule has 0 atom stereocenters. The average molecular weight is 551 g/mol. The molecule has 1 saturated heterocycles. The zero-order valence-corrected chi connectivity index (χ0v) is 23.8. The smallest absolute Gasteiger partial charge is 0.156 e. The lowest BCUT2D eigenvalue weighted by Gasteiger charge is -2.32. The molecule has 208 valence electrons. The van der Waals surface area contributed by atoms with Gasteiger partial charge in [-0.05, 0) is 64.6 Å². The van der Waals surface area contributed by atoms with Gasteiger partial charge < -0.3 is 10.1 Å². The lowest BCUT2D eigenvalue weighted by molar-refractivity contribution is 0.211. The van der Waals surface area contributed by atoms with Crippen LogP contribution in [0.4, 0.5) is 5.82 Å². The van der Waals surface area contributed by atoms with Gasteiger partial charge in [0.05, 0.1) is 7.11 Å². The fraction of sp³-hybridized carbons (Fsp3) is 0.189. The monoisotopic (exact) mass is 550 g/mol. The summed E-state index contributed by atoms with van der Waals surface area (Å²) in [6.45, 7) is 3.07. The van der Waals surface area contributed by atoms with Crippen molar-refractivity contribution in [1.82, 2.24) is 15.1 Å². The Labute approximate surface area is 246 Å². The summed E-state index contributed by atoms with van der Waals surface area (Å²) in [7, 11) is 1.71. The van der Waals surface area contributed by atoms with E-state index in [0.29, 0.717) is 6.04 Å². The molecule has 42 heavy (non-hydrogen) atoms. The summed E-state index contributed by atoms with van der Waals surface area (Å²) in [5, 5.41) is 17.9. The van der Waals surface area contributed by atoms with E-state index in [1.807, 2.05) is 12.1 Å². The maximum absolute atomic E-state index is 5.59. The van der Waals surface area contributed by atoms with Gasteiger partial charge in [0.2, 0.25) is 0 Å². The zero-order valence-electron chi connectivity index (χ0n) is 23.8. The number of methoxy groups -OCH3 is 1. The lowest BCUT2D eigenvalue weighted by Crippen LogP contribution is -2.38. The Bertz CT molecular complexity index is 1830. The summed E-state index contributed by atoms with van der Waals surface area (Å²) in [6.07, 6.45) is 2.12. The van der Waals surface area contributed by atoms with Gasteiger partial charge in [0.25, 0.3) is 0 Å². The Morgan fingerprint density at radius 3 is 2.19 bits per heavy atom. The lowest BCUT2D eigenvalue weighted by atomic mass is 10.00. The molecule has 7 rings (SSSR count). The summed E-state index contributed by atoms with van der Waals surface area (Å²) in [4.78, 5) is 2.55. The molecule has 5 heteroatoms. The van der Waals surface area contributed by atoms with Gasteiger partial charge in [-0.2, -0.15) is 0 Å². The fourth-order valence-electron chi connectivity index (χ4n) is 6.06. The minimum atomic E-state index is 0.345. The minimum absolute atomic E-state index is 0.345. The largest absolute Gasteiger partial charge is 0.497 e. The van der Waals surface area contributed by atoms with E-state index in [0.717, 1.165) is 66.1 Å². The number of nitrogens with one attached hydrogen (secondary N) is 1. The molecule has 1 aliphatic heterocycles. The maximum atomic E-state index is 5.59. The van der Waals surface area contributed by atoms with Gasteiger partial charge in [0, 0.05) is 42.0 Å². The first-order valence-corrected chi connectivity index (χ1v) is 14.7. The predicted octanol–water partition coefficient (Wildman–Crippen LogP) is 8.20. The van der Waals surface area contributed by atoms with E-state index in [9.17, 15) is 0 Å². The Kier molecular flexibility index (Phi) is 7.25. The maximum Gasteiger partial charge on any atom is 0.156 e. The molecule has 1 fully saturated rings. The second-order valence-electron chi connectivity index (χ2n) is 11.1. The van der Waals surface area contributed by atoms with Gasteiger partial charge in [0.1, 0.15) is 11.4 Å². The van der Waals surface area contributed by atoms with Crippen LogP contribution in [0.1, 0.15) is 18.4 Å². The van der Waals surface area contributed by atoms with E-state index < -0.39 is 0 Å². The molecule has 0 radical (unpaired) electrons. The zero-order chi connectivity index (χ0) is 28.3. The Balaban J connectivity index is 1.08. The van der Waals surface area contributed by atoms with Crippen LogP contribution in [0.25, 0.3) is 43.9 Å². The second kappa shape index (κ2) is 11.6. The molecule has 0 bridgehead atoms. The van der Waals surface area contributed by atoms with Crippen molar-refractivity contribution in [3.63, 3.8) is 0 Å². The van der Waals surface area contributed by atoms with E-state index in [1.54, 1.807) is 7.11 Å². The highest BCUT2D eigenvalue weighted by Crippen LogP contribution is 2.34. The van der Waals surface area contributed by atoms with Gasteiger partial charge >= 0.3 is 0 Å². The van der Waals surface area contributed by atoms with Crippen LogP contribution >= 0.6 is 0 Å². The third-order valence-corrected chi connectivity index (χ3v) is 8.40. The van der Waals surface area contributed by atoms with Crippen LogP contribution in [0.5, 0.6) is 5.75 Å². The number of benzene rings is 5. The average Bonchev–Trinajstić information content (AvgIpc) is 3.06. The highest BCUT2D eigenvalue weighted by molar-refractivity contribution is 6.01. The molecule has 0 amide bonds. The highest BCUT2D eigenvalue weighted by Gasteiger charge is 2.21. The summed E-state index contributed by atoms with van der Waals surface area (Å²) >= 11 is 0. The first-order chi connectivity index (χ1) is 20.7. The molecule has 0 unspecified atom stereocenters. The predicted molar refractivity (Wildman–Crippen MR) is 173 cm³/mol. The number of rotatable bonds is 7. The van der Waals surface area contributed by atoms with Crippen molar-refractivity contribution in [3.05, 3.63) is 121 Å². The third kappa shape index (κ3) is 5.44. The van der Waals surface area contributed by atoms with E-state index in [2.05, 4.69) is 113 Å². The van der Waals surface area contributed by atoms with Crippen LogP contribution in [-0.2, 0) is 6.54 Å². The first kappa shape index (κ1) is 26.2. The van der Waals surface area contributed by atoms with Gasteiger partial charge in [-0.25, -0.2) is 0 Å². The molecule has 1 aromatic heterocycles. The Hall–Kier alpha value is -4.74. The molecule has 0 saturated carbocycles. The number of anilines is 1. The summed E-state index contributed by atoms with van der Waals surface area (Å²) in [5.74, 6) is 1.63. The minimum Gasteiger partial charge on any atom is -0.497 e. The van der Waals surface area contributed by atoms with Crippen molar-refractivity contribution >= 4 is 27.4 Å². The summed E-state index contributed by atoms with van der Waals surface area (Å²) in [6, 6.07) is 40.9. The number of fused-ring (bicyclic) bond motifs is 2. The molecule has 1 aliphatic rings. The Morgan fingerprint density at radius 1 is 0.690 bits per heavy atom. The van der Waals surface area contributed by atoms with Crippen LogP contribution in [-0.4, -0.2) is 41.3 Å². The number of hydrogen-bond donors (Lipinski definition) is 1. The van der Waals surface area contributed by atoms with Crippen molar-refractivity contribution in [2.24, 2.45) is 0 Å². The topological polar surface area (TPSA) is 50.3 Å². The van der Waals surface area contributed by atoms with Gasteiger partial charge in [-0.1, -0.05) is 91.0 Å². The molecular weight excluding hydrogens is 516 g/mol. The number of ether oxygens (including phenoxy) is 1. The Morgan fingerprint density at radius 2 is 1.40 bits per heavy atom. The van der Waals surface area contributed by atoms with Crippen molar-refractivity contribution in [1.29, 1.82) is 0 Å². The van der Waals surface area contributed by atoms with Crippen molar-refractivity contribution < 1.29 is 4.74 Å². The fourth-order valence-corrected chi connectivity index (χ4v) is 6.06. The number of aromatic nitrogens is 2. The van der Waals surface area contributed by atoms with Crippen LogP contribution in [0.2, 0.25) is 0 Å². The van der Waals surface area contributed by atoms with Crippen molar-refractivity contribution in [2.75, 3.05) is 25.5 Å². The summed E-state index contributed by atoms with van der Waals surface area (Å²) in [5.41, 5.74) is 5.68. The van der Waals surface area contributed by atoms with Gasteiger partial charge in [0.15, 0.2) is 5.82 Å². The van der Waals surface area contributed by atoms with Gasteiger partial charge in [-0.3, -0.25) is 4.90 Å². The molecule has 5 nitrogen and oxygen atoms in total. The molecule has 5 aromatic carbocycles. The first-order valence-electron chi connectivity index (χ1n) is 14.7. The number of likely N-dealkylation sites (tertiary alicyclic amines) is 1. The molecular formula is C37H34N4O.